The monoisotopic (exact) mass is 379 g/mol. The zero-order valence-corrected chi connectivity index (χ0v) is 14.6. The summed E-state index contributed by atoms with van der Waals surface area (Å²) in [4.78, 5) is 12.3. The van der Waals surface area contributed by atoms with Crippen LogP contribution in [0.3, 0.4) is 0 Å². The first kappa shape index (κ1) is 16.8. The minimum absolute atomic E-state index is 0.300. The van der Waals surface area contributed by atoms with E-state index < -0.39 is 0 Å². The number of halogens is 3. The fourth-order valence-electron chi connectivity index (χ4n) is 2.16. The summed E-state index contributed by atoms with van der Waals surface area (Å²) in [5.74, 6) is -0.317. The van der Waals surface area contributed by atoms with Gasteiger partial charge in [0.25, 0.3) is 5.91 Å². The molecule has 0 aliphatic carbocycles. The molecule has 1 heterocycles. The van der Waals surface area contributed by atoms with Gasteiger partial charge >= 0.3 is 0 Å². The van der Waals surface area contributed by atoms with Crippen molar-refractivity contribution in [3.05, 3.63) is 81.1 Å². The summed E-state index contributed by atoms with van der Waals surface area (Å²) in [6, 6.07) is 12.2. The maximum absolute atomic E-state index is 12.3. The second-order valence-corrected chi connectivity index (χ2v) is 6.41. The average molecular weight is 381 g/mol. The number of amides is 1. The molecule has 0 saturated carbocycles. The average Bonchev–Trinajstić information content (AvgIpc) is 2.96. The molecule has 1 aromatic heterocycles. The fraction of sp³-hybridized carbons (Fsp3) is 0.0588. The van der Waals surface area contributed by atoms with Crippen LogP contribution >= 0.6 is 34.8 Å². The zero-order valence-electron chi connectivity index (χ0n) is 12.3. The van der Waals surface area contributed by atoms with Crippen molar-refractivity contribution < 1.29 is 4.79 Å². The highest BCUT2D eigenvalue weighted by Crippen LogP contribution is 2.22. The van der Waals surface area contributed by atoms with Gasteiger partial charge in [0.2, 0.25) is 0 Å². The first-order chi connectivity index (χ1) is 11.5. The van der Waals surface area contributed by atoms with Crippen molar-refractivity contribution in [3.8, 4) is 0 Å². The number of aromatic nitrogens is 2. The molecule has 0 saturated heterocycles. The minimum Gasteiger partial charge on any atom is -0.319 e. The number of hydrogen-bond acceptors (Lipinski definition) is 2. The van der Waals surface area contributed by atoms with Gasteiger partial charge in [-0.2, -0.15) is 5.10 Å². The van der Waals surface area contributed by atoms with E-state index in [9.17, 15) is 4.79 Å². The van der Waals surface area contributed by atoms with Crippen LogP contribution in [-0.4, -0.2) is 15.7 Å². The Kier molecular flexibility index (Phi) is 5.09. The van der Waals surface area contributed by atoms with Gasteiger partial charge in [-0.25, -0.2) is 0 Å². The maximum atomic E-state index is 12.3. The van der Waals surface area contributed by atoms with Crippen LogP contribution in [0.4, 0.5) is 5.69 Å². The molecule has 0 atom stereocenters. The molecule has 2 aromatic carbocycles. The van der Waals surface area contributed by atoms with Crippen molar-refractivity contribution >= 4 is 46.4 Å². The Morgan fingerprint density at radius 2 is 1.75 bits per heavy atom. The highest BCUT2D eigenvalue weighted by atomic mass is 35.5. The van der Waals surface area contributed by atoms with E-state index in [4.69, 9.17) is 34.8 Å². The number of nitrogens with one attached hydrogen (secondary N) is 1. The quantitative estimate of drug-likeness (QED) is 0.681. The molecule has 3 aromatic rings. The molecule has 0 fully saturated rings. The molecule has 3 rings (SSSR count). The topological polar surface area (TPSA) is 46.9 Å². The third-order valence-electron chi connectivity index (χ3n) is 3.32. The molecule has 0 radical (unpaired) electrons. The third kappa shape index (κ3) is 4.09. The van der Waals surface area contributed by atoms with E-state index in [1.807, 2.05) is 24.3 Å². The van der Waals surface area contributed by atoms with Gasteiger partial charge in [0, 0.05) is 16.2 Å². The highest BCUT2D eigenvalue weighted by Gasteiger charge is 2.12. The number of hydrogen-bond donors (Lipinski definition) is 1. The summed E-state index contributed by atoms with van der Waals surface area (Å²) < 4.78 is 1.72. The maximum Gasteiger partial charge on any atom is 0.257 e. The summed E-state index contributed by atoms with van der Waals surface area (Å²) in [7, 11) is 0. The van der Waals surface area contributed by atoms with Crippen molar-refractivity contribution in [2.75, 3.05) is 5.32 Å². The normalized spacial score (nSPS) is 10.6. The van der Waals surface area contributed by atoms with Gasteiger partial charge < -0.3 is 5.32 Å². The summed E-state index contributed by atoms with van der Waals surface area (Å²) in [6.07, 6.45) is 3.33. The van der Waals surface area contributed by atoms with Crippen LogP contribution in [0, 0.1) is 0 Å². The molecule has 0 unspecified atom stereocenters. The van der Waals surface area contributed by atoms with Crippen LogP contribution in [-0.2, 0) is 6.54 Å². The predicted molar refractivity (Wildman–Crippen MR) is 97.2 cm³/mol. The lowest BCUT2D eigenvalue weighted by Gasteiger charge is -2.05. The molecule has 0 aliphatic heterocycles. The number of nitrogens with zero attached hydrogens (tertiary/aromatic N) is 2. The van der Waals surface area contributed by atoms with E-state index in [1.54, 1.807) is 29.2 Å². The number of rotatable bonds is 4. The Morgan fingerprint density at radius 3 is 2.46 bits per heavy atom. The molecular weight excluding hydrogens is 369 g/mol. The van der Waals surface area contributed by atoms with Gasteiger partial charge in [-0.1, -0.05) is 46.9 Å². The van der Waals surface area contributed by atoms with Crippen molar-refractivity contribution in [1.29, 1.82) is 0 Å². The van der Waals surface area contributed by atoms with E-state index >= 15 is 0 Å². The third-order valence-corrected chi connectivity index (χ3v) is 4.12. The van der Waals surface area contributed by atoms with E-state index in [2.05, 4.69) is 10.4 Å². The smallest absolute Gasteiger partial charge is 0.257 e. The summed E-state index contributed by atoms with van der Waals surface area (Å²) in [5, 5.41) is 8.46. The van der Waals surface area contributed by atoms with E-state index in [1.165, 1.54) is 6.07 Å². The van der Waals surface area contributed by atoms with Crippen molar-refractivity contribution in [2.45, 2.75) is 6.54 Å². The van der Waals surface area contributed by atoms with Gasteiger partial charge in [0.05, 0.1) is 29.0 Å². The molecule has 0 spiro atoms. The zero-order chi connectivity index (χ0) is 17.1. The molecule has 1 amide bonds. The number of carbonyl (C=O) groups is 1. The van der Waals surface area contributed by atoms with E-state index in [0.29, 0.717) is 32.9 Å². The first-order valence-electron chi connectivity index (χ1n) is 7.04. The van der Waals surface area contributed by atoms with Crippen molar-refractivity contribution in [1.82, 2.24) is 9.78 Å². The lowest BCUT2D eigenvalue weighted by Crippen LogP contribution is -2.12. The van der Waals surface area contributed by atoms with Gasteiger partial charge in [-0.05, 0) is 35.9 Å². The summed E-state index contributed by atoms with van der Waals surface area (Å²) in [5.41, 5.74) is 1.99. The van der Waals surface area contributed by atoms with Crippen LogP contribution in [0.25, 0.3) is 0 Å². The van der Waals surface area contributed by atoms with Crippen LogP contribution in [0.1, 0.15) is 15.9 Å². The molecular formula is C17H12Cl3N3O. The Bertz CT molecular complexity index is 875. The SMILES string of the molecule is O=C(Nc1cnn(Cc2ccc(Cl)cc2)c1)c1ccc(Cl)cc1Cl. The molecule has 122 valence electrons. The Morgan fingerprint density at radius 1 is 1.04 bits per heavy atom. The van der Waals surface area contributed by atoms with Crippen molar-refractivity contribution in [2.24, 2.45) is 0 Å². The second kappa shape index (κ2) is 7.26. The summed E-state index contributed by atoms with van der Waals surface area (Å²) in [6.45, 7) is 0.578. The Labute approximate surface area is 154 Å². The van der Waals surface area contributed by atoms with Crippen LogP contribution in [0.15, 0.2) is 54.9 Å². The molecule has 24 heavy (non-hydrogen) atoms. The number of carbonyl (C=O) groups excluding carboxylic acids is 1. The second-order valence-electron chi connectivity index (χ2n) is 5.13. The molecule has 0 bridgehead atoms. The molecule has 0 aliphatic rings. The van der Waals surface area contributed by atoms with E-state index in [-0.39, 0.29) is 5.91 Å². The lowest BCUT2D eigenvalue weighted by atomic mass is 10.2. The van der Waals surface area contributed by atoms with Gasteiger partial charge in [-0.15, -0.1) is 0 Å². The summed E-state index contributed by atoms with van der Waals surface area (Å²) >= 11 is 17.7. The van der Waals surface area contributed by atoms with Crippen LogP contribution < -0.4 is 5.32 Å². The highest BCUT2D eigenvalue weighted by molar-refractivity contribution is 6.37. The Hall–Kier alpha value is -2.01. The van der Waals surface area contributed by atoms with Crippen molar-refractivity contribution in [3.63, 3.8) is 0 Å². The predicted octanol–water partition coefficient (Wildman–Crippen LogP) is 5.14. The van der Waals surface area contributed by atoms with Crippen LogP contribution in [0.5, 0.6) is 0 Å². The Balaban J connectivity index is 1.69. The first-order valence-corrected chi connectivity index (χ1v) is 8.18. The van der Waals surface area contributed by atoms with Gasteiger partial charge in [-0.3, -0.25) is 9.48 Å². The standard InChI is InChI=1S/C17H12Cl3N3O/c18-12-3-1-11(2-4-12)9-23-10-14(8-21-23)22-17(24)15-6-5-13(19)7-16(15)20/h1-8,10H,9H2,(H,22,24). The minimum atomic E-state index is -0.317. The fourth-order valence-corrected chi connectivity index (χ4v) is 2.78. The van der Waals surface area contributed by atoms with E-state index in [0.717, 1.165) is 5.56 Å². The number of benzene rings is 2. The lowest BCUT2D eigenvalue weighted by molar-refractivity contribution is 0.102. The molecule has 7 heteroatoms. The van der Waals surface area contributed by atoms with Gasteiger partial charge in [0.15, 0.2) is 0 Å². The van der Waals surface area contributed by atoms with Crippen LogP contribution in [0.2, 0.25) is 15.1 Å². The largest absolute Gasteiger partial charge is 0.319 e. The molecule has 1 N–H and O–H groups in total. The molecule has 4 nitrogen and oxygen atoms in total. The van der Waals surface area contributed by atoms with Gasteiger partial charge in [0.1, 0.15) is 0 Å². The number of anilines is 1.